The average Bonchev–Trinajstić information content (AvgIpc) is 3.00. The first kappa shape index (κ1) is 18.0. The number of carbonyl (C=O) groups excluding carboxylic acids is 1. The number of amides is 1. The lowest BCUT2D eigenvalue weighted by Gasteiger charge is -2.29. The van der Waals surface area contributed by atoms with Crippen LogP contribution in [0.1, 0.15) is 48.4 Å². The van der Waals surface area contributed by atoms with Gasteiger partial charge in [-0.1, -0.05) is 19.3 Å². The summed E-state index contributed by atoms with van der Waals surface area (Å²) in [6.07, 6.45) is 6.85. The number of nitrogens with two attached hydrogens (primary N) is 1. The third-order valence-electron chi connectivity index (χ3n) is 4.18. The van der Waals surface area contributed by atoms with E-state index in [4.69, 9.17) is 10.2 Å². The van der Waals surface area contributed by atoms with Crippen molar-refractivity contribution >= 4 is 15.9 Å². The van der Waals surface area contributed by atoms with Crippen LogP contribution in [-0.2, 0) is 16.6 Å². The van der Waals surface area contributed by atoms with Crippen LogP contribution in [0.4, 0.5) is 0 Å². The predicted molar refractivity (Wildman–Crippen MR) is 87.3 cm³/mol. The lowest BCUT2D eigenvalue weighted by Crippen LogP contribution is -2.45. The molecule has 7 nitrogen and oxygen atoms in total. The summed E-state index contributed by atoms with van der Waals surface area (Å²) in [5, 5.41) is 2.94. The van der Waals surface area contributed by atoms with E-state index in [1.165, 1.54) is 19.3 Å². The van der Waals surface area contributed by atoms with Gasteiger partial charge < -0.3 is 15.5 Å². The van der Waals surface area contributed by atoms with Crippen LogP contribution < -0.4 is 15.8 Å². The maximum atomic E-state index is 12.3. The summed E-state index contributed by atoms with van der Waals surface area (Å²) >= 11 is 0. The molecule has 0 spiro atoms. The Bertz CT molecular complexity index is 620. The Kier molecular flexibility index (Phi) is 6.20. The minimum Gasteiger partial charge on any atom is -0.455 e. The Morgan fingerprint density at radius 3 is 2.65 bits per heavy atom. The SMILES string of the molecule is CS(=O)(=O)NCc1ccc(C(=O)NC(CN)C2CCCCC2)o1. The molecule has 0 saturated heterocycles. The van der Waals surface area contributed by atoms with E-state index in [0.717, 1.165) is 19.1 Å². The highest BCUT2D eigenvalue weighted by Gasteiger charge is 2.25. The zero-order valence-electron chi connectivity index (χ0n) is 13.4. The van der Waals surface area contributed by atoms with Crippen molar-refractivity contribution in [3.63, 3.8) is 0 Å². The molecule has 1 heterocycles. The monoisotopic (exact) mass is 343 g/mol. The van der Waals surface area contributed by atoms with Gasteiger partial charge in [0.2, 0.25) is 10.0 Å². The molecule has 1 aliphatic rings. The van der Waals surface area contributed by atoms with Gasteiger partial charge in [0, 0.05) is 12.6 Å². The van der Waals surface area contributed by atoms with Crippen molar-refractivity contribution in [1.29, 1.82) is 0 Å². The minimum atomic E-state index is -3.30. The Morgan fingerprint density at radius 2 is 2.04 bits per heavy atom. The van der Waals surface area contributed by atoms with Crippen molar-refractivity contribution in [3.8, 4) is 0 Å². The third kappa shape index (κ3) is 5.63. The van der Waals surface area contributed by atoms with Crippen LogP contribution in [0.5, 0.6) is 0 Å². The largest absolute Gasteiger partial charge is 0.455 e. The summed E-state index contributed by atoms with van der Waals surface area (Å²) < 4.78 is 29.8. The highest BCUT2D eigenvalue weighted by atomic mass is 32.2. The van der Waals surface area contributed by atoms with E-state index in [2.05, 4.69) is 10.0 Å². The molecule has 1 unspecified atom stereocenters. The first-order valence-corrected chi connectivity index (χ1v) is 9.82. The van der Waals surface area contributed by atoms with Gasteiger partial charge >= 0.3 is 0 Å². The maximum absolute atomic E-state index is 12.3. The second-order valence-electron chi connectivity index (χ2n) is 6.07. The fourth-order valence-electron chi connectivity index (χ4n) is 2.94. The fraction of sp³-hybridized carbons (Fsp3) is 0.667. The molecule has 1 aromatic heterocycles. The van der Waals surface area contributed by atoms with E-state index in [9.17, 15) is 13.2 Å². The van der Waals surface area contributed by atoms with E-state index in [1.54, 1.807) is 12.1 Å². The topological polar surface area (TPSA) is 114 Å². The first-order valence-electron chi connectivity index (χ1n) is 7.93. The van der Waals surface area contributed by atoms with Crippen molar-refractivity contribution in [2.24, 2.45) is 11.7 Å². The number of hydrogen-bond donors (Lipinski definition) is 3. The fourth-order valence-corrected chi connectivity index (χ4v) is 3.35. The molecule has 0 bridgehead atoms. The number of rotatable bonds is 7. The molecule has 130 valence electrons. The molecule has 0 radical (unpaired) electrons. The zero-order chi connectivity index (χ0) is 16.9. The molecule has 0 aliphatic heterocycles. The summed E-state index contributed by atoms with van der Waals surface area (Å²) in [5.41, 5.74) is 5.81. The molecule has 1 aromatic rings. The van der Waals surface area contributed by atoms with Crippen molar-refractivity contribution in [1.82, 2.24) is 10.0 Å². The van der Waals surface area contributed by atoms with Crippen LogP contribution >= 0.6 is 0 Å². The predicted octanol–water partition coefficient (Wildman–Crippen LogP) is 0.966. The van der Waals surface area contributed by atoms with Gasteiger partial charge in [-0.05, 0) is 30.9 Å². The van der Waals surface area contributed by atoms with Crippen molar-refractivity contribution in [2.75, 3.05) is 12.8 Å². The highest BCUT2D eigenvalue weighted by Crippen LogP contribution is 2.26. The summed E-state index contributed by atoms with van der Waals surface area (Å²) in [6.45, 7) is 0.425. The Morgan fingerprint density at radius 1 is 1.35 bits per heavy atom. The third-order valence-corrected chi connectivity index (χ3v) is 4.85. The standard InChI is InChI=1S/C15H25N3O4S/c1-23(20,21)17-10-12-7-8-14(22-12)15(19)18-13(9-16)11-5-3-2-4-6-11/h7-8,11,13,17H,2-6,9-10,16H2,1H3,(H,18,19). The summed E-state index contributed by atoms with van der Waals surface area (Å²) in [6, 6.07) is 3.08. The van der Waals surface area contributed by atoms with Gasteiger partial charge in [0.1, 0.15) is 5.76 Å². The molecule has 8 heteroatoms. The van der Waals surface area contributed by atoms with Crippen molar-refractivity contribution < 1.29 is 17.6 Å². The quantitative estimate of drug-likeness (QED) is 0.682. The van der Waals surface area contributed by atoms with Gasteiger partial charge in [-0.3, -0.25) is 4.79 Å². The second kappa shape index (κ2) is 7.94. The maximum Gasteiger partial charge on any atom is 0.287 e. The number of hydrogen-bond acceptors (Lipinski definition) is 5. The highest BCUT2D eigenvalue weighted by molar-refractivity contribution is 7.88. The summed E-state index contributed by atoms with van der Waals surface area (Å²) in [7, 11) is -3.30. The lowest BCUT2D eigenvalue weighted by molar-refractivity contribution is 0.0885. The van der Waals surface area contributed by atoms with Crippen molar-refractivity contribution in [3.05, 3.63) is 23.7 Å². The van der Waals surface area contributed by atoms with Crippen molar-refractivity contribution in [2.45, 2.75) is 44.7 Å². The molecule has 1 aliphatic carbocycles. The van der Waals surface area contributed by atoms with Crippen LogP contribution in [-0.4, -0.2) is 33.2 Å². The van der Waals surface area contributed by atoms with Crippen LogP contribution in [0.2, 0.25) is 0 Å². The Hall–Kier alpha value is -1.38. The molecule has 23 heavy (non-hydrogen) atoms. The van der Waals surface area contributed by atoms with E-state index in [1.807, 2.05) is 0 Å². The Labute approximate surface area is 137 Å². The van der Waals surface area contributed by atoms with Crippen LogP contribution in [0.25, 0.3) is 0 Å². The number of sulfonamides is 1. The molecule has 1 atom stereocenters. The van der Waals surface area contributed by atoms with Crippen LogP contribution in [0.3, 0.4) is 0 Å². The van der Waals surface area contributed by atoms with E-state index < -0.39 is 10.0 Å². The number of carbonyl (C=O) groups is 1. The van der Waals surface area contributed by atoms with Gasteiger partial charge in [0.15, 0.2) is 5.76 Å². The average molecular weight is 343 g/mol. The molecule has 1 saturated carbocycles. The number of nitrogens with one attached hydrogen (secondary N) is 2. The van der Waals surface area contributed by atoms with Gasteiger partial charge in [-0.2, -0.15) is 0 Å². The van der Waals surface area contributed by atoms with E-state index in [-0.39, 0.29) is 24.3 Å². The first-order chi connectivity index (χ1) is 10.9. The molecule has 0 aromatic carbocycles. The van der Waals surface area contributed by atoms with Crippen LogP contribution in [0.15, 0.2) is 16.5 Å². The van der Waals surface area contributed by atoms with Gasteiger partial charge in [-0.25, -0.2) is 13.1 Å². The number of furan rings is 1. The normalized spacial score (nSPS) is 17.8. The smallest absolute Gasteiger partial charge is 0.287 e. The summed E-state index contributed by atoms with van der Waals surface area (Å²) in [5.74, 6) is 0.669. The van der Waals surface area contributed by atoms with E-state index in [0.29, 0.717) is 18.2 Å². The van der Waals surface area contributed by atoms with Crippen LogP contribution in [0, 0.1) is 5.92 Å². The Balaban J connectivity index is 1.93. The zero-order valence-corrected chi connectivity index (χ0v) is 14.2. The molecular weight excluding hydrogens is 318 g/mol. The lowest BCUT2D eigenvalue weighted by atomic mass is 9.84. The molecule has 2 rings (SSSR count). The molecule has 1 fully saturated rings. The minimum absolute atomic E-state index is 0.0229. The van der Waals surface area contributed by atoms with Gasteiger partial charge in [0.05, 0.1) is 12.8 Å². The van der Waals surface area contributed by atoms with E-state index >= 15 is 0 Å². The molecule has 1 amide bonds. The molecular formula is C15H25N3O4S. The van der Waals surface area contributed by atoms with Gasteiger partial charge in [-0.15, -0.1) is 0 Å². The summed E-state index contributed by atoms with van der Waals surface area (Å²) in [4.78, 5) is 12.3. The van der Waals surface area contributed by atoms with Gasteiger partial charge in [0.25, 0.3) is 5.91 Å². The molecule has 4 N–H and O–H groups in total. The second-order valence-corrected chi connectivity index (χ2v) is 7.91.